The topological polar surface area (TPSA) is 17.1 Å². The Bertz CT molecular complexity index is 851. The predicted octanol–water partition coefficient (Wildman–Crippen LogP) is 8.40. The van der Waals surface area contributed by atoms with Gasteiger partial charge >= 0.3 is 0 Å². The third-order valence-electron chi connectivity index (χ3n) is 13.3. The van der Waals surface area contributed by atoms with E-state index in [4.69, 9.17) is 0 Å². The van der Waals surface area contributed by atoms with Gasteiger partial charge < -0.3 is 0 Å². The second-order valence-corrected chi connectivity index (χ2v) is 14.3. The fourth-order valence-electron chi connectivity index (χ4n) is 11.3. The molecular weight excluding hydrogens is 388 g/mol. The molecule has 5 fully saturated rings. The smallest absolute Gasteiger partial charge is 0.138 e. The average molecular weight is 437 g/mol. The number of rotatable bonds is 2. The van der Waals surface area contributed by atoms with Crippen molar-refractivity contribution < 1.29 is 4.79 Å². The normalized spacial score (nSPS) is 54.1. The van der Waals surface area contributed by atoms with Crippen molar-refractivity contribution in [3.63, 3.8) is 0 Å². The van der Waals surface area contributed by atoms with Gasteiger partial charge in [-0.15, -0.1) is 6.58 Å². The Morgan fingerprint density at radius 2 is 1.59 bits per heavy atom. The first-order valence-corrected chi connectivity index (χ1v) is 13.7. The molecule has 0 saturated heterocycles. The number of fused-ring (bicyclic) bond motifs is 7. The van der Waals surface area contributed by atoms with Crippen LogP contribution in [-0.4, -0.2) is 5.78 Å². The van der Waals surface area contributed by atoms with Gasteiger partial charge in [0.2, 0.25) is 0 Å². The molecule has 0 aromatic carbocycles. The molecule has 0 aliphatic heterocycles. The number of hydrogen-bond acceptors (Lipinski definition) is 1. The van der Waals surface area contributed by atoms with Gasteiger partial charge in [-0.25, -0.2) is 0 Å². The maximum absolute atomic E-state index is 12.9. The first kappa shape index (κ1) is 22.9. The van der Waals surface area contributed by atoms with E-state index in [0.29, 0.717) is 39.3 Å². The van der Waals surface area contributed by atoms with Crippen molar-refractivity contribution in [2.45, 2.75) is 106 Å². The van der Waals surface area contributed by atoms with Gasteiger partial charge in [-0.3, -0.25) is 4.79 Å². The Kier molecular flexibility index (Phi) is 4.91. The largest absolute Gasteiger partial charge is 0.299 e. The van der Waals surface area contributed by atoms with Crippen LogP contribution in [0.25, 0.3) is 0 Å². The van der Waals surface area contributed by atoms with Crippen molar-refractivity contribution in [2.24, 2.45) is 56.7 Å². The summed E-state index contributed by atoms with van der Waals surface area (Å²) in [7, 11) is 0. The van der Waals surface area contributed by atoms with Crippen LogP contribution in [0.2, 0.25) is 0 Å². The number of ketones is 1. The molecule has 178 valence electrons. The third-order valence-corrected chi connectivity index (χ3v) is 13.3. The molecule has 1 heteroatoms. The van der Waals surface area contributed by atoms with Crippen LogP contribution < -0.4 is 0 Å². The molecule has 0 aromatic rings. The van der Waals surface area contributed by atoms with E-state index >= 15 is 0 Å². The van der Waals surface area contributed by atoms with E-state index in [9.17, 15) is 4.79 Å². The van der Waals surface area contributed by atoms with Crippen molar-refractivity contribution in [1.82, 2.24) is 0 Å². The van der Waals surface area contributed by atoms with Crippen LogP contribution in [0.1, 0.15) is 106 Å². The molecule has 0 N–H and O–H groups in total. The first-order valence-electron chi connectivity index (χ1n) is 13.7. The molecule has 0 radical (unpaired) electrons. The monoisotopic (exact) mass is 436 g/mol. The summed E-state index contributed by atoms with van der Waals surface area (Å²) in [5.74, 6) is 4.04. The molecule has 0 heterocycles. The maximum Gasteiger partial charge on any atom is 0.138 e. The quantitative estimate of drug-likeness (QED) is 0.397. The van der Waals surface area contributed by atoms with E-state index in [1.807, 2.05) is 0 Å². The SMILES string of the molecule is C=C[C@]12CC[C@@H](C(=C)C)C1C1CCC3[C@@]4(C)CCC(=O)C(C)(C)C4CC[C@@]3(C)[C@]1(C)CC2. The molecule has 0 aromatic heterocycles. The molecule has 9 atom stereocenters. The third kappa shape index (κ3) is 2.55. The minimum atomic E-state index is -0.146. The van der Waals surface area contributed by atoms with Crippen LogP contribution >= 0.6 is 0 Å². The van der Waals surface area contributed by atoms with E-state index < -0.39 is 0 Å². The Labute approximate surface area is 197 Å². The highest BCUT2D eigenvalue weighted by molar-refractivity contribution is 5.85. The number of hydrogen-bond donors (Lipinski definition) is 0. The molecule has 4 unspecified atom stereocenters. The summed E-state index contributed by atoms with van der Waals surface area (Å²) in [5.41, 5.74) is 2.70. The van der Waals surface area contributed by atoms with Crippen molar-refractivity contribution >= 4 is 5.78 Å². The lowest BCUT2D eigenvalue weighted by molar-refractivity contribution is -0.230. The Balaban J connectivity index is 1.56. The van der Waals surface area contributed by atoms with Crippen LogP contribution in [0.4, 0.5) is 0 Å². The minimum absolute atomic E-state index is 0.146. The zero-order valence-electron chi connectivity index (χ0n) is 21.9. The average Bonchev–Trinajstić information content (AvgIpc) is 3.12. The zero-order chi connectivity index (χ0) is 23.3. The van der Waals surface area contributed by atoms with Crippen LogP contribution in [0.3, 0.4) is 0 Å². The van der Waals surface area contributed by atoms with Gasteiger partial charge in [-0.2, -0.15) is 0 Å². The van der Waals surface area contributed by atoms with E-state index in [1.54, 1.807) is 0 Å². The molecule has 5 rings (SSSR count). The molecular formula is C31H48O. The lowest BCUT2D eigenvalue weighted by Gasteiger charge is -2.72. The lowest BCUT2D eigenvalue weighted by Crippen LogP contribution is -2.66. The highest BCUT2D eigenvalue weighted by Gasteiger charge is 2.70. The standard InChI is InChI=1S/C31H48O/c1-9-31-17-12-21(20(2)3)26(31)22-10-11-24-28(6)15-14-25(32)27(4,5)23(28)13-16-30(24,8)29(22,7)18-19-31/h9,21-24,26H,1-2,10-19H2,3-8H3/t21-,22?,23?,24?,26?,28-,29+,30+,31+/m0/s1. The van der Waals surface area contributed by atoms with Gasteiger partial charge in [0.05, 0.1) is 0 Å². The van der Waals surface area contributed by atoms with Crippen molar-refractivity contribution in [3.8, 4) is 0 Å². The second kappa shape index (κ2) is 6.85. The molecule has 0 amide bonds. The van der Waals surface area contributed by atoms with E-state index in [1.165, 1.54) is 56.9 Å². The van der Waals surface area contributed by atoms with Crippen LogP contribution in [0, 0.1) is 56.7 Å². The lowest BCUT2D eigenvalue weighted by atomic mass is 9.32. The highest BCUT2D eigenvalue weighted by atomic mass is 16.1. The van der Waals surface area contributed by atoms with Gasteiger partial charge in [-0.1, -0.05) is 52.8 Å². The Hall–Kier alpha value is -0.850. The molecule has 5 aliphatic carbocycles. The predicted molar refractivity (Wildman–Crippen MR) is 134 cm³/mol. The van der Waals surface area contributed by atoms with Gasteiger partial charge in [0.15, 0.2) is 0 Å². The summed E-state index contributed by atoms with van der Waals surface area (Å²) < 4.78 is 0. The number of carbonyl (C=O) groups is 1. The summed E-state index contributed by atoms with van der Waals surface area (Å²) in [6, 6.07) is 0. The first-order chi connectivity index (χ1) is 14.9. The van der Waals surface area contributed by atoms with Gasteiger partial charge in [0.1, 0.15) is 5.78 Å². The summed E-state index contributed by atoms with van der Waals surface area (Å²) >= 11 is 0. The zero-order valence-corrected chi connectivity index (χ0v) is 21.9. The summed E-state index contributed by atoms with van der Waals surface area (Å²) in [5, 5.41) is 0. The van der Waals surface area contributed by atoms with Crippen molar-refractivity contribution in [1.29, 1.82) is 0 Å². The maximum atomic E-state index is 12.9. The van der Waals surface area contributed by atoms with E-state index in [-0.39, 0.29) is 5.41 Å². The molecule has 0 spiro atoms. The number of Topliss-reactive ketones (excluding diaryl/α,β-unsaturated/α-hetero) is 1. The van der Waals surface area contributed by atoms with Gasteiger partial charge in [0.25, 0.3) is 0 Å². The van der Waals surface area contributed by atoms with Crippen LogP contribution in [-0.2, 0) is 4.79 Å². The molecule has 32 heavy (non-hydrogen) atoms. The van der Waals surface area contributed by atoms with Gasteiger partial charge in [0, 0.05) is 11.8 Å². The second-order valence-electron chi connectivity index (χ2n) is 14.3. The molecule has 0 bridgehead atoms. The Morgan fingerprint density at radius 3 is 2.25 bits per heavy atom. The van der Waals surface area contributed by atoms with Crippen LogP contribution in [0.15, 0.2) is 24.8 Å². The van der Waals surface area contributed by atoms with Gasteiger partial charge in [-0.05, 0) is 116 Å². The summed E-state index contributed by atoms with van der Waals surface area (Å²) in [6.07, 6.45) is 14.9. The molecule has 1 nitrogen and oxygen atoms in total. The van der Waals surface area contributed by atoms with Crippen molar-refractivity contribution in [2.75, 3.05) is 0 Å². The van der Waals surface area contributed by atoms with E-state index in [0.717, 1.165) is 30.6 Å². The minimum Gasteiger partial charge on any atom is -0.299 e. The molecule has 5 aliphatic rings. The Morgan fingerprint density at radius 1 is 0.875 bits per heavy atom. The number of carbonyl (C=O) groups excluding carboxylic acids is 1. The highest BCUT2D eigenvalue weighted by Crippen LogP contribution is 2.77. The van der Waals surface area contributed by atoms with Crippen molar-refractivity contribution in [3.05, 3.63) is 24.8 Å². The fourth-order valence-corrected chi connectivity index (χ4v) is 11.3. The van der Waals surface area contributed by atoms with E-state index in [2.05, 4.69) is 60.8 Å². The fraction of sp³-hybridized carbons (Fsp3) is 0.839. The number of allylic oxidation sites excluding steroid dienone is 2. The summed E-state index contributed by atoms with van der Waals surface area (Å²) in [6.45, 7) is 23.7. The molecule has 5 saturated carbocycles. The van der Waals surface area contributed by atoms with Crippen LogP contribution in [0.5, 0.6) is 0 Å². The summed E-state index contributed by atoms with van der Waals surface area (Å²) in [4.78, 5) is 12.9.